The van der Waals surface area contributed by atoms with Gasteiger partial charge in [0.2, 0.25) is 0 Å². The van der Waals surface area contributed by atoms with Crippen LogP contribution in [0.25, 0.3) is 0 Å². The highest BCUT2D eigenvalue weighted by Gasteiger charge is 2.22. The molecule has 106 valence electrons. The van der Waals surface area contributed by atoms with Crippen LogP contribution in [0.1, 0.15) is 52.4 Å². The summed E-state index contributed by atoms with van der Waals surface area (Å²) in [5, 5.41) is 3.60. The van der Waals surface area contributed by atoms with Gasteiger partial charge in [0.05, 0.1) is 6.10 Å². The Bertz CT molecular complexity index is 229. The Morgan fingerprint density at radius 2 is 2.11 bits per heavy atom. The third-order valence-electron chi connectivity index (χ3n) is 4.51. The van der Waals surface area contributed by atoms with Crippen LogP contribution < -0.4 is 5.32 Å². The lowest BCUT2D eigenvalue weighted by Gasteiger charge is -2.33. The number of rotatable bonds is 5. The van der Waals surface area contributed by atoms with Gasteiger partial charge in [0, 0.05) is 31.8 Å². The fourth-order valence-corrected chi connectivity index (χ4v) is 3.33. The van der Waals surface area contributed by atoms with E-state index in [1.54, 1.807) is 0 Å². The summed E-state index contributed by atoms with van der Waals surface area (Å²) in [4.78, 5) is 2.69. The van der Waals surface area contributed by atoms with E-state index in [2.05, 4.69) is 24.1 Å². The molecule has 2 aliphatic rings. The third kappa shape index (κ3) is 4.22. The zero-order valence-corrected chi connectivity index (χ0v) is 12.2. The lowest BCUT2D eigenvalue weighted by atomic mass is 10.1. The minimum atomic E-state index is 0.471. The summed E-state index contributed by atoms with van der Waals surface area (Å²) in [7, 11) is 0. The average molecular weight is 254 g/mol. The van der Waals surface area contributed by atoms with Crippen molar-refractivity contribution in [1.29, 1.82) is 0 Å². The second-order valence-corrected chi connectivity index (χ2v) is 6.08. The molecule has 18 heavy (non-hydrogen) atoms. The van der Waals surface area contributed by atoms with E-state index in [1.165, 1.54) is 45.1 Å². The van der Waals surface area contributed by atoms with Crippen molar-refractivity contribution in [2.75, 3.05) is 26.2 Å². The minimum Gasteiger partial charge on any atom is -0.377 e. The second-order valence-electron chi connectivity index (χ2n) is 6.08. The molecular formula is C15H30N2O. The molecular weight excluding hydrogens is 224 g/mol. The summed E-state index contributed by atoms with van der Waals surface area (Å²) in [5.41, 5.74) is 0. The van der Waals surface area contributed by atoms with E-state index >= 15 is 0 Å². The maximum Gasteiger partial charge on any atom is 0.0700 e. The molecule has 0 aromatic heterocycles. The number of hydrogen-bond donors (Lipinski definition) is 1. The van der Waals surface area contributed by atoms with Crippen molar-refractivity contribution >= 4 is 0 Å². The van der Waals surface area contributed by atoms with Gasteiger partial charge < -0.3 is 10.1 Å². The SMILES string of the molecule is CC1CCCCCN1C(C)CNCC1CCCO1. The first kappa shape index (κ1) is 14.3. The molecule has 2 rings (SSSR count). The largest absolute Gasteiger partial charge is 0.377 e. The van der Waals surface area contributed by atoms with Gasteiger partial charge in [-0.3, -0.25) is 4.90 Å². The maximum absolute atomic E-state index is 5.65. The maximum atomic E-state index is 5.65. The fourth-order valence-electron chi connectivity index (χ4n) is 3.33. The van der Waals surface area contributed by atoms with Gasteiger partial charge in [-0.1, -0.05) is 12.8 Å². The normalized spacial score (nSPS) is 32.3. The Morgan fingerprint density at radius 1 is 1.22 bits per heavy atom. The number of nitrogens with one attached hydrogen (secondary N) is 1. The van der Waals surface area contributed by atoms with Crippen LogP contribution in [0.2, 0.25) is 0 Å². The van der Waals surface area contributed by atoms with Gasteiger partial charge >= 0.3 is 0 Å². The highest BCUT2D eigenvalue weighted by atomic mass is 16.5. The summed E-state index contributed by atoms with van der Waals surface area (Å²) < 4.78 is 5.65. The molecule has 0 aromatic rings. The van der Waals surface area contributed by atoms with E-state index in [0.717, 1.165) is 25.7 Å². The van der Waals surface area contributed by atoms with Crippen LogP contribution in [0.3, 0.4) is 0 Å². The first-order valence-electron chi connectivity index (χ1n) is 7.85. The highest BCUT2D eigenvalue weighted by molar-refractivity contribution is 4.79. The third-order valence-corrected chi connectivity index (χ3v) is 4.51. The summed E-state index contributed by atoms with van der Waals surface area (Å²) >= 11 is 0. The van der Waals surface area contributed by atoms with Crippen LogP contribution in [0.5, 0.6) is 0 Å². The molecule has 0 aliphatic carbocycles. The Kier molecular flexibility index (Phi) is 5.93. The Labute approximate surface area is 112 Å². The molecule has 2 heterocycles. The van der Waals surface area contributed by atoms with Gasteiger partial charge in [0.25, 0.3) is 0 Å². The Morgan fingerprint density at radius 3 is 2.89 bits per heavy atom. The molecule has 0 spiro atoms. The quantitative estimate of drug-likeness (QED) is 0.815. The zero-order valence-electron chi connectivity index (χ0n) is 12.2. The molecule has 3 atom stereocenters. The van der Waals surface area contributed by atoms with Crippen LogP contribution in [0.4, 0.5) is 0 Å². The first-order chi connectivity index (χ1) is 8.77. The average Bonchev–Trinajstić information content (AvgIpc) is 2.77. The molecule has 2 aliphatic heterocycles. The standard InChI is InChI=1S/C15H30N2O/c1-13-7-4-3-5-9-17(13)14(2)11-16-12-15-8-6-10-18-15/h13-16H,3-12H2,1-2H3. The predicted octanol–water partition coefficient (Wildman–Crippen LogP) is 2.41. The molecule has 2 fully saturated rings. The monoisotopic (exact) mass is 254 g/mol. The fraction of sp³-hybridized carbons (Fsp3) is 1.00. The molecule has 0 amide bonds. The van der Waals surface area contributed by atoms with Crippen molar-refractivity contribution in [3.05, 3.63) is 0 Å². The molecule has 0 saturated carbocycles. The van der Waals surface area contributed by atoms with Crippen molar-refractivity contribution in [3.63, 3.8) is 0 Å². The topological polar surface area (TPSA) is 24.5 Å². The summed E-state index contributed by atoms with van der Waals surface area (Å²) in [6.07, 6.45) is 8.52. The molecule has 1 N–H and O–H groups in total. The van der Waals surface area contributed by atoms with Crippen molar-refractivity contribution in [2.24, 2.45) is 0 Å². The molecule has 3 heteroatoms. The van der Waals surface area contributed by atoms with Gasteiger partial charge in [0.1, 0.15) is 0 Å². The zero-order chi connectivity index (χ0) is 12.8. The lowest BCUT2D eigenvalue weighted by Crippen LogP contribution is -2.46. The summed E-state index contributed by atoms with van der Waals surface area (Å²) in [5.74, 6) is 0. The van der Waals surface area contributed by atoms with Crippen LogP contribution in [-0.2, 0) is 4.74 Å². The van der Waals surface area contributed by atoms with E-state index in [1.807, 2.05) is 0 Å². The molecule has 3 nitrogen and oxygen atoms in total. The second kappa shape index (κ2) is 7.46. The van der Waals surface area contributed by atoms with Crippen LogP contribution >= 0.6 is 0 Å². The van der Waals surface area contributed by atoms with E-state index in [9.17, 15) is 0 Å². The molecule has 0 aromatic carbocycles. The van der Waals surface area contributed by atoms with Gasteiger partial charge in [-0.15, -0.1) is 0 Å². The smallest absolute Gasteiger partial charge is 0.0700 e. The number of ether oxygens (including phenoxy) is 1. The summed E-state index contributed by atoms with van der Waals surface area (Å²) in [6, 6.07) is 1.41. The number of nitrogens with zero attached hydrogens (tertiary/aromatic N) is 1. The number of likely N-dealkylation sites (tertiary alicyclic amines) is 1. The Hall–Kier alpha value is -0.120. The number of hydrogen-bond acceptors (Lipinski definition) is 3. The van der Waals surface area contributed by atoms with Crippen molar-refractivity contribution in [1.82, 2.24) is 10.2 Å². The first-order valence-corrected chi connectivity index (χ1v) is 7.85. The van der Waals surface area contributed by atoms with Gasteiger partial charge in [-0.05, 0) is 46.1 Å². The molecule has 3 unspecified atom stereocenters. The van der Waals surface area contributed by atoms with Crippen molar-refractivity contribution in [3.8, 4) is 0 Å². The molecule has 2 saturated heterocycles. The molecule has 0 radical (unpaired) electrons. The van der Waals surface area contributed by atoms with Crippen molar-refractivity contribution in [2.45, 2.75) is 70.6 Å². The van der Waals surface area contributed by atoms with Crippen LogP contribution in [0.15, 0.2) is 0 Å². The highest BCUT2D eigenvalue weighted by Crippen LogP contribution is 2.18. The summed E-state index contributed by atoms with van der Waals surface area (Å²) in [6.45, 7) is 9.14. The predicted molar refractivity (Wildman–Crippen MR) is 75.9 cm³/mol. The minimum absolute atomic E-state index is 0.471. The van der Waals surface area contributed by atoms with Gasteiger partial charge in [-0.2, -0.15) is 0 Å². The van der Waals surface area contributed by atoms with Gasteiger partial charge in [0.15, 0.2) is 0 Å². The van der Waals surface area contributed by atoms with E-state index < -0.39 is 0 Å². The van der Waals surface area contributed by atoms with Crippen LogP contribution in [-0.4, -0.2) is 49.3 Å². The van der Waals surface area contributed by atoms with Crippen molar-refractivity contribution < 1.29 is 4.74 Å². The van der Waals surface area contributed by atoms with E-state index in [4.69, 9.17) is 4.74 Å². The van der Waals surface area contributed by atoms with E-state index in [-0.39, 0.29) is 0 Å². The molecule has 0 bridgehead atoms. The van der Waals surface area contributed by atoms with E-state index in [0.29, 0.717) is 12.1 Å². The lowest BCUT2D eigenvalue weighted by molar-refractivity contribution is 0.104. The van der Waals surface area contributed by atoms with Gasteiger partial charge in [-0.25, -0.2) is 0 Å². The Balaban J connectivity index is 1.67. The van der Waals surface area contributed by atoms with Crippen LogP contribution in [0, 0.1) is 0 Å².